The van der Waals surface area contributed by atoms with Gasteiger partial charge in [0.15, 0.2) is 0 Å². The number of fused-ring (bicyclic) bond motifs is 2. The van der Waals surface area contributed by atoms with E-state index in [-0.39, 0.29) is 5.43 Å². The molecule has 4 aromatic rings. The molecule has 0 atom stereocenters. The van der Waals surface area contributed by atoms with Gasteiger partial charge in [-0.3, -0.25) is 4.79 Å². The van der Waals surface area contributed by atoms with E-state index in [4.69, 9.17) is 4.42 Å². The molecule has 0 saturated carbocycles. The molecular formula is C16H9NO2S. The van der Waals surface area contributed by atoms with Crippen LogP contribution in [0.4, 0.5) is 0 Å². The van der Waals surface area contributed by atoms with Gasteiger partial charge in [0.25, 0.3) is 0 Å². The van der Waals surface area contributed by atoms with E-state index < -0.39 is 0 Å². The summed E-state index contributed by atoms with van der Waals surface area (Å²) in [5.74, 6) is 0. The molecule has 0 N–H and O–H groups in total. The summed E-state index contributed by atoms with van der Waals surface area (Å²) in [6.07, 6.45) is 1.68. The van der Waals surface area contributed by atoms with Gasteiger partial charge in [-0.2, -0.15) is 0 Å². The van der Waals surface area contributed by atoms with Crippen molar-refractivity contribution in [2.75, 3.05) is 0 Å². The average Bonchev–Trinajstić information content (AvgIpc) is 3.01. The predicted molar refractivity (Wildman–Crippen MR) is 81.1 cm³/mol. The van der Waals surface area contributed by atoms with E-state index >= 15 is 0 Å². The van der Waals surface area contributed by atoms with Crippen LogP contribution in [0.3, 0.4) is 0 Å². The lowest BCUT2D eigenvalue weighted by molar-refractivity contribution is 0.645. The number of rotatable bonds is 1. The van der Waals surface area contributed by atoms with E-state index in [1.54, 1.807) is 29.7 Å². The highest BCUT2D eigenvalue weighted by Crippen LogP contribution is 2.30. The van der Waals surface area contributed by atoms with Gasteiger partial charge in [-0.05, 0) is 29.6 Å². The van der Waals surface area contributed by atoms with Crippen LogP contribution in [0.2, 0.25) is 0 Å². The van der Waals surface area contributed by atoms with Crippen LogP contribution in [-0.2, 0) is 0 Å². The molecule has 0 spiro atoms. The quantitative estimate of drug-likeness (QED) is 0.493. The van der Waals surface area contributed by atoms with Gasteiger partial charge < -0.3 is 4.42 Å². The Hall–Kier alpha value is -2.46. The van der Waals surface area contributed by atoms with E-state index in [0.29, 0.717) is 22.1 Å². The molecule has 3 nitrogen and oxygen atoms in total. The molecule has 0 bridgehead atoms. The Morgan fingerprint density at radius 1 is 1.05 bits per heavy atom. The molecule has 0 saturated heterocycles. The maximum absolute atomic E-state index is 12.7. The SMILES string of the molecule is O=c1c2ccccc2oc2nccc(-c3cccs3)c12. The molecule has 4 rings (SSSR count). The molecule has 0 aliphatic heterocycles. The third-order valence-corrected chi connectivity index (χ3v) is 4.17. The second kappa shape index (κ2) is 4.28. The fourth-order valence-corrected chi connectivity index (χ4v) is 3.12. The molecule has 0 unspecified atom stereocenters. The average molecular weight is 279 g/mol. The summed E-state index contributed by atoms with van der Waals surface area (Å²) < 4.78 is 5.76. The number of aromatic nitrogens is 1. The zero-order valence-electron chi connectivity index (χ0n) is 10.4. The second-order valence-corrected chi connectivity index (χ2v) is 5.39. The van der Waals surface area contributed by atoms with Crippen LogP contribution in [0.15, 0.2) is 63.3 Å². The molecule has 0 fully saturated rings. The first-order valence-electron chi connectivity index (χ1n) is 6.19. The second-order valence-electron chi connectivity index (χ2n) is 4.44. The summed E-state index contributed by atoms with van der Waals surface area (Å²) in [6.45, 7) is 0. The number of nitrogens with zero attached hydrogens (tertiary/aromatic N) is 1. The maximum Gasteiger partial charge on any atom is 0.231 e. The van der Waals surface area contributed by atoms with E-state index in [0.717, 1.165) is 10.4 Å². The lowest BCUT2D eigenvalue weighted by Gasteiger charge is -2.04. The molecule has 0 radical (unpaired) electrons. The maximum atomic E-state index is 12.7. The van der Waals surface area contributed by atoms with E-state index in [9.17, 15) is 4.79 Å². The third-order valence-electron chi connectivity index (χ3n) is 3.27. The fourth-order valence-electron chi connectivity index (χ4n) is 2.36. The minimum absolute atomic E-state index is 0.0293. The number of hydrogen-bond acceptors (Lipinski definition) is 4. The fraction of sp³-hybridized carbons (Fsp3) is 0. The zero-order valence-corrected chi connectivity index (χ0v) is 11.2. The van der Waals surface area contributed by atoms with Gasteiger partial charge in [-0.25, -0.2) is 4.98 Å². The summed E-state index contributed by atoms with van der Waals surface area (Å²) in [5.41, 5.74) is 1.81. The minimum Gasteiger partial charge on any atom is -0.437 e. The molecule has 3 aromatic heterocycles. The van der Waals surface area contributed by atoms with Crippen molar-refractivity contribution in [3.05, 3.63) is 64.3 Å². The molecule has 0 aliphatic carbocycles. The van der Waals surface area contributed by atoms with Crippen molar-refractivity contribution in [2.45, 2.75) is 0 Å². The molecular weight excluding hydrogens is 270 g/mol. The summed E-state index contributed by atoms with van der Waals surface area (Å²) in [6, 6.07) is 13.1. The van der Waals surface area contributed by atoms with Gasteiger partial charge in [0.2, 0.25) is 11.1 Å². The number of pyridine rings is 1. The minimum atomic E-state index is -0.0293. The Morgan fingerprint density at radius 3 is 2.80 bits per heavy atom. The highest BCUT2D eigenvalue weighted by Gasteiger charge is 2.13. The summed E-state index contributed by atoms with van der Waals surface area (Å²) in [7, 11) is 0. The number of benzene rings is 1. The van der Waals surface area contributed by atoms with Gasteiger partial charge in [0.1, 0.15) is 5.58 Å². The number of thiophene rings is 1. The summed E-state index contributed by atoms with van der Waals surface area (Å²) in [5, 5.41) is 3.13. The Labute approximate surface area is 118 Å². The van der Waals surface area contributed by atoms with Crippen molar-refractivity contribution in [3.8, 4) is 10.4 Å². The van der Waals surface area contributed by atoms with Gasteiger partial charge in [0, 0.05) is 16.6 Å². The largest absolute Gasteiger partial charge is 0.437 e. The first-order valence-corrected chi connectivity index (χ1v) is 7.07. The first kappa shape index (κ1) is 11.4. The topological polar surface area (TPSA) is 43.1 Å². The molecule has 0 aliphatic rings. The van der Waals surface area contributed by atoms with Crippen LogP contribution >= 0.6 is 11.3 Å². The predicted octanol–water partition coefficient (Wildman–Crippen LogP) is 4.07. The summed E-state index contributed by atoms with van der Waals surface area (Å²) >= 11 is 1.60. The monoisotopic (exact) mass is 279 g/mol. The van der Waals surface area contributed by atoms with Crippen molar-refractivity contribution >= 4 is 33.4 Å². The highest BCUT2D eigenvalue weighted by molar-refractivity contribution is 7.13. The smallest absolute Gasteiger partial charge is 0.231 e. The van der Waals surface area contributed by atoms with Gasteiger partial charge in [0.05, 0.1) is 10.8 Å². The van der Waals surface area contributed by atoms with Crippen LogP contribution in [0, 0.1) is 0 Å². The lowest BCUT2D eigenvalue weighted by Crippen LogP contribution is -2.04. The highest BCUT2D eigenvalue weighted by atomic mass is 32.1. The Balaban J connectivity index is 2.23. The third kappa shape index (κ3) is 1.58. The Bertz CT molecular complexity index is 971. The van der Waals surface area contributed by atoms with E-state index in [1.165, 1.54) is 0 Å². The van der Waals surface area contributed by atoms with Crippen molar-refractivity contribution < 1.29 is 4.42 Å². The van der Waals surface area contributed by atoms with Crippen molar-refractivity contribution in [1.29, 1.82) is 0 Å². The number of hydrogen-bond donors (Lipinski definition) is 0. The first-order chi connectivity index (χ1) is 9.84. The van der Waals surface area contributed by atoms with Crippen molar-refractivity contribution in [3.63, 3.8) is 0 Å². The van der Waals surface area contributed by atoms with Crippen LogP contribution in [0.5, 0.6) is 0 Å². The van der Waals surface area contributed by atoms with E-state index in [2.05, 4.69) is 4.98 Å². The summed E-state index contributed by atoms with van der Waals surface area (Å²) in [4.78, 5) is 18.0. The van der Waals surface area contributed by atoms with E-state index in [1.807, 2.05) is 35.7 Å². The van der Waals surface area contributed by atoms with Crippen LogP contribution in [0.25, 0.3) is 32.5 Å². The lowest BCUT2D eigenvalue weighted by atomic mass is 10.1. The van der Waals surface area contributed by atoms with Gasteiger partial charge in [-0.15, -0.1) is 11.3 Å². The zero-order chi connectivity index (χ0) is 13.5. The Kier molecular flexibility index (Phi) is 2.44. The molecule has 3 heterocycles. The van der Waals surface area contributed by atoms with Crippen molar-refractivity contribution in [1.82, 2.24) is 4.98 Å². The standard InChI is InChI=1S/C16H9NO2S/c18-15-10-4-1-2-5-12(10)19-16-14(15)11(7-8-17-16)13-6-3-9-20-13/h1-9H. The molecule has 0 amide bonds. The molecule has 4 heteroatoms. The van der Waals surface area contributed by atoms with Crippen LogP contribution in [-0.4, -0.2) is 4.98 Å². The molecule has 1 aromatic carbocycles. The van der Waals surface area contributed by atoms with Crippen LogP contribution in [0.1, 0.15) is 0 Å². The normalized spacial score (nSPS) is 11.2. The van der Waals surface area contributed by atoms with Crippen LogP contribution < -0.4 is 5.43 Å². The Morgan fingerprint density at radius 2 is 1.95 bits per heavy atom. The number of para-hydroxylation sites is 1. The van der Waals surface area contributed by atoms with Gasteiger partial charge >= 0.3 is 0 Å². The van der Waals surface area contributed by atoms with Gasteiger partial charge in [-0.1, -0.05) is 18.2 Å². The molecule has 96 valence electrons. The molecule has 20 heavy (non-hydrogen) atoms. The van der Waals surface area contributed by atoms with Crippen molar-refractivity contribution in [2.24, 2.45) is 0 Å².